The Hall–Kier alpha value is -3.74. The summed E-state index contributed by atoms with van der Waals surface area (Å²) in [4.78, 5) is 20.7. The monoisotopic (exact) mass is 399 g/mol. The van der Waals surface area contributed by atoms with Crippen LogP contribution in [0.3, 0.4) is 0 Å². The van der Waals surface area contributed by atoms with Crippen molar-refractivity contribution < 1.29 is 9.47 Å². The Morgan fingerprint density at radius 1 is 0.867 bits per heavy atom. The molecule has 0 bridgehead atoms. The molecule has 30 heavy (non-hydrogen) atoms. The van der Waals surface area contributed by atoms with Crippen LogP contribution in [0, 0.1) is 0 Å². The SMILES string of the molecule is COc1ccc(-c2nccnc2C2CN(c3ccc4ccccc4n3)C2)c(OC)n1. The third kappa shape index (κ3) is 3.18. The highest BCUT2D eigenvalue weighted by atomic mass is 16.5. The summed E-state index contributed by atoms with van der Waals surface area (Å²) in [6.45, 7) is 1.67. The van der Waals surface area contributed by atoms with Gasteiger partial charge in [-0.05, 0) is 24.3 Å². The first kappa shape index (κ1) is 18.3. The van der Waals surface area contributed by atoms with Crippen LogP contribution in [0.15, 0.2) is 60.9 Å². The average molecular weight is 399 g/mol. The highest BCUT2D eigenvalue weighted by Crippen LogP contribution is 2.37. The first-order valence-corrected chi connectivity index (χ1v) is 9.78. The lowest BCUT2D eigenvalue weighted by Crippen LogP contribution is -2.46. The van der Waals surface area contributed by atoms with E-state index < -0.39 is 0 Å². The van der Waals surface area contributed by atoms with Gasteiger partial charge in [0.05, 0.1) is 36.7 Å². The summed E-state index contributed by atoms with van der Waals surface area (Å²) in [5.74, 6) is 2.22. The predicted molar refractivity (Wildman–Crippen MR) is 115 cm³/mol. The fraction of sp³-hybridized carbons (Fsp3) is 0.217. The molecule has 0 aliphatic carbocycles. The number of hydrogen-bond donors (Lipinski definition) is 0. The van der Waals surface area contributed by atoms with Crippen LogP contribution in [-0.2, 0) is 0 Å². The molecule has 4 heterocycles. The molecule has 0 spiro atoms. The molecule has 1 aromatic carbocycles. The van der Waals surface area contributed by atoms with Crippen LogP contribution < -0.4 is 14.4 Å². The van der Waals surface area contributed by atoms with Crippen LogP contribution in [0.25, 0.3) is 22.2 Å². The maximum absolute atomic E-state index is 5.48. The average Bonchev–Trinajstić information content (AvgIpc) is 2.78. The van der Waals surface area contributed by atoms with Gasteiger partial charge in [0.2, 0.25) is 11.8 Å². The van der Waals surface area contributed by atoms with E-state index in [9.17, 15) is 0 Å². The van der Waals surface area contributed by atoms with Crippen LogP contribution >= 0.6 is 0 Å². The van der Waals surface area contributed by atoms with E-state index in [2.05, 4.69) is 38.1 Å². The summed E-state index contributed by atoms with van der Waals surface area (Å²) in [5.41, 5.74) is 3.55. The number of ether oxygens (including phenoxy) is 2. The zero-order chi connectivity index (χ0) is 20.5. The molecule has 3 aromatic heterocycles. The molecule has 1 fully saturated rings. The second-order valence-electron chi connectivity index (χ2n) is 7.16. The highest BCUT2D eigenvalue weighted by molar-refractivity contribution is 5.80. The Balaban J connectivity index is 1.42. The predicted octanol–water partition coefficient (Wildman–Crippen LogP) is 3.71. The van der Waals surface area contributed by atoms with Crippen molar-refractivity contribution in [3.8, 4) is 23.0 Å². The van der Waals surface area contributed by atoms with Crippen molar-refractivity contribution in [1.82, 2.24) is 19.9 Å². The minimum absolute atomic E-state index is 0.258. The molecule has 0 atom stereocenters. The van der Waals surface area contributed by atoms with Crippen molar-refractivity contribution in [3.63, 3.8) is 0 Å². The summed E-state index contributed by atoms with van der Waals surface area (Å²) in [6, 6.07) is 16.1. The molecule has 0 saturated carbocycles. The van der Waals surface area contributed by atoms with Crippen molar-refractivity contribution in [3.05, 3.63) is 66.6 Å². The van der Waals surface area contributed by atoms with Gasteiger partial charge in [-0.1, -0.05) is 18.2 Å². The Morgan fingerprint density at radius 2 is 1.70 bits per heavy atom. The quantitative estimate of drug-likeness (QED) is 0.506. The van der Waals surface area contributed by atoms with Crippen molar-refractivity contribution in [2.75, 3.05) is 32.2 Å². The molecule has 0 N–H and O–H groups in total. The Kier molecular flexibility index (Phi) is 4.63. The molecule has 1 saturated heterocycles. The third-order valence-corrected chi connectivity index (χ3v) is 5.39. The van der Waals surface area contributed by atoms with Gasteiger partial charge in [0.1, 0.15) is 5.82 Å². The van der Waals surface area contributed by atoms with Crippen molar-refractivity contribution in [2.45, 2.75) is 5.92 Å². The van der Waals surface area contributed by atoms with Gasteiger partial charge in [0, 0.05) is 42.9 Å². The summed E-state index contributed by atoms with van der Waals surface area (Å²) in [7, 11) is 3.18. The van der Waals surface area contributed by atoms with Gasteiger partial charge in [-0.15, -0.1) is 0 Å². The Labute approximate surface area is 174 Å². The lowest BCUT2D eigenvalue weighted by atomic mass is 9.92. The number of rotatable bonds is 5. The fourth-order valence-electron chi connectivity index (χ4n) is 3.80. The number of fused-ring (bicyclic) bond motifs is 1. The standard InChI is InChI=1S/C23H21N5O2/c1-29-20-10-8-17(23(27-20)30-2)22-21(24-11-12-25-22)16-13-28(14-16)19-9-7-15-5-3-4-6-18(15)26-19/h3-12,16H,13-14H2,1-2H3. The second kappa shape index (κ2) is 7.59. The molecule has 0 unspecified atom stereocenters. The van der Waals surface area contributed by atoms with E-state index in [0.29, 0.717) is 11.8 Å². The van der Waals surface area contributed by atoms with Crippen LogP contribution in [0.2, 0.25) is 0 Å². The summed E-state index contributed by atoms with van der Waals surface area (Å²) in [5, 5.41) is 1.15. The largest absolute Gasteiger partial charge is 0.481 e. The molecular formula is C23H21N5O2. The normalized spacial score (nSPS) is 13.9. The minimum atomic E-state index is 0.258. The van der Waals surface area contributed by atoms with Crippen molar-refractivity contribution >= 4 is 16.7 Å². The summed E-state index contributed by atoms with van der Waals surface area (Å²) >= 11 is 0. The smallest absolute Gasteiger partial charge is 0.226 e. The number of aromatic nitrogens is 4. The first-order valence-electron chi connectivity index (χ1n) is 9.78. The maximum Gasteiger partial charge on any atom is 0.226 e. The number of hydrogen-bond acceptors (Lipinski definition) is 7. The topological polar surface area (TPSA) is 73.3 Å². The summed E-state index contributed by atoms with van der Waals surface area (Å²) < 4.78 is 10.7. The molecular weight excluding hydrogens is 378 g/mol. The number of anilines is 1. The van der Waals surface area contributed by atoms with E-state index in [1.165, 1.54) is 0 Å². The summed E-state index contributed by atoms with van der Waals surface area (Å²) in [6.07, 6.45) is 3.43. The van der Waals surface area contributed by atoms with E-state index in [4.69, 9.17) is 14.5 Å². The van der Waals surface area contributed by atoms with Crippen molar-refractivity contribution in [2.24, 2.45) is 0 Å². The van der Waals surface area contributed by atoms with Gasteiger partial charge in [0.25, 0.3) is 0 Å². The molecule has 150 valence electrons. The third-order valence-electron chi connectivity index (χ3n) is 5.39. The number of methoxy groups -OCH3 is 2. The molecule has 7 nitrogen and oxygen atoms in total. The van der Waals surface area contributed by atoms with Crippen LogP contribution in [0.4, 0.5) is 5.82 Å². The number of nitrogens with zero attached hydrogens (tertiary/aromatic N) is 5. The van der Waals surface area contributed by atoms with E-state index in [0.717, 1.165) is 46.8 Å². The van der Waals surface area contributed by atoms with Crippen LogP contribution in [0.5, 0.6) is 11.8 Å². The molecule has 0 amide bonds. The van der Waals surface area contributed by atoms with Crippen LogP contribution in [0.1, 0.15) is 11.6 Å². The van der Waals surface area contributed by atoms with Crippen molar-refractivity contribution in [1.29, 1.82) is 0 Å². The molecule has 1 aliphatic rings. The molecule has 1 aliphatic heterocycles. The lowest BCUT2D eigenvalue weighted by Gasteiger charge is -2.40. The van der Waals surface area contributed by atoms with Crippen LogP contribution in [-0.4, -0.2) is 47.2 Å². The first-order chi connectivity index (χ1) is 14.8. The van der Waals surface area contributed by atoms with Gasteiger partial charge in [-0.2, -0.15) is 4.98 Å². The number of pyridine rings is 2. The van der Waals surface area contributed by atoms with E-state index in [-0.39, 0.29) is 5.92 Å². The number of benzene rings is 1. The number of para-hydroxylation sites is 1. The fourth-order valence-corrected chi connectivity index (χ4v) is 3.80. The minimum Gasteiger partial charge on any atom is -0.481 e. The van der Waals surface area contributed by atoms with Gasteiger partial charge in [0.15, 0.2) is 0 Å². The maximum atomic E-state index is 5.48. The highest BCUT2D eigenvalue weighted by Gasteiger charge is 2.33. The lowest BCUT2D eigenvalue weighted by molar-refractivity contribution is 0.365. The zero-order valence-electron chi connectivity index (χ0n) is 16.8. The Morgan fingerprint density at radius 3 is 2.53 bits per heavy atom. The van der Waals surface area contributed by atoms with E-state index in [1.807, 2.05) is 30.3 Å². The molecule has 4 aromatic rings. The Bertz CT molecular complexity index is 1210. The van der Waals surface area contributed by atoms with Gasteiger partial charge in [-0.25, -0.2) is 4.98 Å². The van der Waals surface area contributed by atoms with Gasteiger partial charge in [-0.3, -0.25) is 9.97 Å². The molecule has 5 rings (SSSR count). The zero-order valence-corrected chi connectivity index (χ0v) is 16.8. The molecule has 0 radical (unpaired) electrons. The van der Waals surface area contributed by atoms with E-state index in [1.54, 1.807) is 26.6 Å². The second-order valence-corrected chi connectivity index (χ2v) is 7.16. The van der Waals surface area contributed by atoms with Gasteiger partial charge >= 0.3 is 0 Å². The molecule has 7 heteroatoms. The van der Waals surface area contributed by atoms with Gasteiger partial charge < -0.3 is 14.4 Å². The van der Waals surface area contributed by atoms with E-state index >= 15 is 0 Å².